The average molecular weight is 354 g/mol. The maximum atomic E-state index is 12.2. The molecule has 0 aliphatic carbocycles. The fourth-order valence-electron chi connectivity index (χ4n) is 2.12. The van der Waals surface area contributed by atoms with E-state index in [0.29, 0.717) is 11.3 Å². The van der Waals surface area contributed by atoms with Crippen LogP contribution in [0.15, 0.2) is 33.7 Å². The highest BCUT2D eigenvalue weighted by molar-refractivity contribution is 7.89. The second-order valence-corrected chi connectivity index (χ2v) is 6.65. The van der Waals surface area contributed by atoms with E-state index in [1.807, 2.05) is 0 Å². The predicted molar refractivity (Wildman–Crippen MR) is 84.0 cm³/mol. The third kappa shape index (κ3) is 4.12. The second-order valence-electron chi connectivity index (χ2n) is 4.95. The number of aromatic nitrogens is 1. The number of hydrogen-bond donors (Lipinski definition) is 1. The Morgan fingerprint density at radius 2 is 2.00 bits per heavy atom. The molecule has 0 bridgehead atoms. The lowest BCUT2D eigenvalue weighted by Crippen LogP contribution is -2.31. The van der Waals surface area contributed by atoms with E-state index in [1.165, 1.54) is 21.0 Å². The van der Waals surface area contributed by atoms with Crippen LogP contribution in [0.2, 0.25) is 0 Å². The van der Waals surface area contributed by atoms with Crippen LogP contribution in [-0.4, -0.2) is 33.2 Å². The number of para-hydroxylation sites is 1. The second kappa shape index (κ2) is 7.45. The maximum absolute atomic E-state index is 12.2. The van der Waals surface area contributed by atoms with Gasteiger partial charge < -0.3 is 14.0 Å². The van der Waals surface area contributed by atoms with Gasteiger partial charge in [-0.2, -0.15) is 4.72 Å². The van der Waals surface area contributed by atoms with Gasteiger partial charge in [0.15, 0.2) is 5.76 Å². The van der Waals surface area contributed by atoms with E-state index in [4.69, 9.17) is 14.0 Å². The van der Waals surface area contributed by atoms with E-state index in [2.05, 4.69) is 9.88 Å². The van der Waals surface area contributed by atoms with E-state index < -0.39 is 22.5 Å². The lowest BCUT2D eigenvalue weighted by Gasteiger charge is -2.09. The molecule has 0 aliphatic rings. The first-order valence-corrected chi connectivity index (χ1v) is 8.53. The van der Waals surface area contributed by atoms with Crippen LogP contribution in [0.1, 0.15) is 17.0 Å². The van der Waals surface area contributed by atoms with Gasteiger partial charge >= 0.3 is 5.97 Å². The molecule has 0 radical (unpaired) electrons. The van der Waals surface area contributed by atoms with Crippen molar-refractivity contribution >= 4 is 16.0 Å². The highest BCUT2D eigenvalue weighted by Gasteiger charge is 2.24. The van der Waals surface area contributed by atoms with Crippen molar-refractivity contribution in [3.63, 3.8) is 0 Å². The summed E-state index contributed by atoms with van der Waals surface area (Å²) in [7, 11) is -2.39. The van der Waals surface area contributed by atoms with Crippen LogP contribution in [0, 0.1) is 13.8 Å². The molecule has 9 heteroatoms. The number of carbonyl (C=O) groups is 1. The van der Waals surface area contributed by atoms with Crippen molar-refractivity contribution < 1.29 is 27.2 Å². The summed E-state index contributed by atoms with van der Waals surface area (Å²) in [5.74, 6) is 0.0280. The summed E-state index contributed by atoms with van der Waals surface area (Å²) in [5.41, 5.74) is 0.907. The quantitative estimate of drug-likeness (QED) is 0.747. The molecule has 0 aliphatic heterocycles. The molecule has 0 saturated heterocycles. The minimum atomic E-state index is -3.90. The molecule has 1 heterocycles. The molecule has 130 valence electrons. The Bertz CT molecular complexity index is 809. The van der Waals surface area contributed by atoms with E-state index in [0.717, 1.165) is 0 Å². The Kier molecular flexibility index (Phi) is 5.58. The van der Waals surface area contributed by atoms with Gasteiger partial charge in [-0.05, 0) is 19.9 Å². The first-order valence-electron chi connectivity index (χ1n) is 7.05. The van der Waals surface area contributed by atoms with Crippen LogP contribution in [0.25, 0.3) is 0 Å². The Morgan fingerprint density at radius 3 is 2.62 bits per heavy atom. The molecule has 0 fully saturated rings. The van der Waals surface area contributed by atoms with Crippen molar-refractivity contribution in [2.75, 3.05) is 13.7 Å². The molecule has 2 aromatic rings. The van der Waals surface area contributed by atoms with Crippen LogP contribution in [0.3, 0.4) is 0 Å². The third-order valence-corrected chi connectivity index (χ3v) is 4.87. The summed E-state index contributed by atoms with van der Waals surface area (Å²) in [6.45, 7) is 2.47. The lowest BCUT2D eigenvalue weighted by molar-refractivity contribution is -0.143. The summed E-state index contributed by atoms with van der Waals surface area (Å²) >= 11 is 0. The van der Waals surface area contributed by atoms with Gasteiger partial charge in [-0.1, -0.05) is 23.4 Å². The topological polar surface area (TPSA) is 108 Å². The minimum absolute atomic E-state index is 0.0180. The zero-order valence-electron chi connectivity index (χ0n) is 13.5. The fourth-order valence-corrected chi connectivity index (χ4v) is 3.41. The molecule has 0 unspecified atom stereocenters. The van der Waals surface area contributed by atoms with Gasteiger partial charge in [0.25, 0.3) is 0 Å². The van der Waals surface area contributed by atoms with Gasteiger partial charge in [0.1, 0.15) is 29.5 Å². The van der Waals surface area contributed by atoms with E-state index in [1.54, 1.807) is 24.3 Å². The van der Waals surface area contributed by atoms with Gasteiger partial charge in [0, 0.05) is 5.56 Å². The number of methoxy groups -OCH3 is 1. The van der Waals surface area contributed by atoms with Crippen LogP contribution in [0.5, 0.6) is 5.75 Å². The number of carbonyl (C=O) groups excluding carboxylic acids is 1. The standard InChI is InChI=1S/C15H18N2O6S/c1-10-15(11(2)23-17-10)24(19,20)16-8-14(18)22-9-12-6-4-5-7-13(12)21-3/h4-7,16H,8-9H2,1-3H3. The molecule has 0 amide bonds. The third-order valence-electron chi connectivity index (χ3n) is 3.22. The van der Waals surface area contributed by atoms with Crippen molar-refractivity contribution in [3.05, 3.63) is 41.3 Å². The molecule has 0 spiro atoms. The van der Waals surface area contributed by atoms with Gasteiger partial charge in [0.05, 0.1) is 7.11 Å². The molecule has 1 aromatic heterocycles. The molecular weight excluding hydrogens is 336 g/mol. The Morgan fingerprint density at radius 1 is 1.29 bits per heavy atom. The molecule has 2 rings (SSSR count). The number of hydrogen-bond acceptors (Lipinski definition) is 7. The molecule has 0 atom stereocenters. The fraction of sp³-hybridized carbons (Fsp3) is 0.333. The highest BCUT2D eigenvalue weighted by atomic mass is 32.2. The molecule has 1 aromatic carbocycles. The van der Waals surface area contributed by atoms with E-state index in [9.17, 15) is 13.2 Å². The summed E-state index contributed by atoms with van der Waals surface area (Å²) in [5, 5.41) is 3.58. The highest BCUT2D eigenvalue weighted by Crippen LogP contribution is 2.19. The molecule has 1 N–H and O–H groups in total. The first-order chi connectivity index (χ1) is 11.3. The number of sulfonamides is 1. The summed E-state index contributed by atoms with van der Waals surface area (Å²) in [6, 6.07) is 7.07. The van der Waals surface area contributed by atoms with Crippen LogP contribution in [0.4, 0.5) is 0 Å². The number of aryl methyl sites for hydroxylation is 2. The molecular formula is C15H18N2O6S. The number of ether oxygens (including phenoxy) is 2. The summed E-state index contributed by atoms with van der Waals surface area (Å²) in [4.78, 5) is 11.7. The molecule has 8 nitrogen and oxygen atoms in total. The number of nitrogens with one attached hydrogen (secondary N) is 1. The van der Waals surface area contributed by atoms with Crippen molar-refractivity contribution in [3.8, 4) is 5.75 Å². The predicted octanol–water partition coefficient (Wildman–Crippen LogP) is 1.32. The van der Waals surface area contributed by atoms with Gasteiger partial charge in [-0.3, -0.25) is 4.79 Å². The van der Waals surface area contributed by atoms with Gasteiger partial charge in [-0.15, -0.1) is 0 Å². The van der Waals surface area contributed by atoms with E-state index >= 15 is 0 Å². The van der Waals surface area contributed by atoms with Crippen LogP contribution in [-0.2, 0) is 26.2 Å². The van der Waals surface area contributed by atoms with Gasteiger partial charge in [-0.25, -0.2) is 8.42 Å². The van der Waals surface area contributed by atoms with Crippen molar-refractivity contribution in [1.82, 2.24) is 9.88 Å². The van der Waals surface area contributed by atoms with E-state index in [-0.39, 0.29) is 23.0 Å². The SMILES string of the molecule is COc1ccccc1COC(=O)CNS(=O)(=O)c1c(C)noc1C. The largest absolute Gasteiger partial charge is 0.496 e. The van der Waals surface area contributed by atoms with Crippen molar-refractivity contribution in [2.45, 2.75) is 25.3 Å². The zero-order chi connectivity index (χ0) is 17.7. The zero-order valence-corrected chi connectivity index (χ0v) is 14.3. The monoisotopic (exact) mass is 354 g/mol. The Labute approximate surface area is 139 Å². The van der Waals surface area contributed by atoms with Crippen LogP contribution < -0.4 is 9.46 Å². The van der Waals surface area contributed by atoms with Crippen LogP contribution >= 0.6 is 0 Å². The Hall–Kier alpha value is -2.39. The Balaban J connectivity index is 1.94. The lowest BCUT2D eigenvalue weighted by atomic mass is 10.2. The maximum Gasteiger partial charge on any atom is 0.321 e. The summed E-state index contributed by atoms with van der Waals surface area (Å²) < 4.78 is 41.6. The first kappa shape index (κ1) is 18.0. The number of nitrogens with zero attached hydrogens (tertiary/aromatic N) is 1. The molecule has 24 heavy (non-hydrogen) atoms. The number of rotatable bonds is 7. The minimum Gasteiger partial charge on any atom is -0.496 e. The smallest absolute Gasteiger partial charge is 0.321 e. The number of benzene rings is 1. The van der Waals surface area contributed by atoms with Crippen molar-refractivity contribution in [2.24, 2.45) is 0 Å². The normalized spacial score (nSPS) is 11.3. The van der Waals surface area contributed by atoms with Gasteiger partial charge in [0.2, 0.25) is 10.0 Å². The van der Waals surface area contributed by atoms with Crippen molar-refractivity contribution in [1.29, 1.82) is 0 Å². The summed E-state index contributed by atoms with van der Waals surface area (Å²) in [6.07, 6.45) is 0. The average Bonchev–Trinajstić information content (AvgIpc) is 2.90. The molecule has 0 saturated carbocycles. The number of esters is 1.